The summed E-state index contributed by atoms with van der Waals surface area (Å²) < 4.78 is 0. The predicted octanol–water partition coefficient (Wildman–Crippen LogP) is 3.29. The number of benzene rings is 2. The Hall–Kier alpha value is -2.71. The van der Waals surface area contributed by atoms with E-state index in [-0.39, 0.29) is 5.69 Å². The molecule has 2 aromatic carbocycles. The van der Waals surface area contributed by atoms with Crippen molar-refractivity contribution in [2.24, 2.45) is 0 Å². The molecule has 1 unspecified atom stereocenters. The zero-order valence-electron chi connectivity index (χ0n) is 11.6. The van der Waals surface area contributed by atoms with Crippen LogP contribution in [0, 0.1) is 21.4 Å². The van der Waals surface area contributed by atoms with E-state index in [0.29, 0.717) is 12.1 Å². The quantitative estimate of drug-likeness (QED) is 0.623. The monoisotopic (exact) mass is 281 g/mol. The molecule has 1 atom stereocenters. The van der Waals surface area contributed by atoms with E-state index in [9.17, 15) is 15.4 Å². The third-order valence-corrected chi connectivity index (χ3v) is 3.23. The topological polar surface area (TPSA) is 70.2 Å². The van der Waals surface area contributed by atoms with E-state index in [1.807, 2.05) is 42.3 Å². The van der Waals surface area contributed by atoms with Crippen molar-refractivity contribution in [3.05, 3.63) is 75.8 Å². The summed E-state index contributed by atoms with van der Waals surface area (Å²) in [4.78, 5) is 12.3. The van der Waals surface area contributed by atoms with E-state index >= 15 is 0 Å². The first kappa shape index (κ1) is 14.7. The molecule has 2 rings (SSSR count). The number of rotatable bonds is 5. The van der Waals surface area contributed by atoms with Crippen molar-refractivity contribution in [1.29, 1.82) is 5.26 Å². The number of nitro benzene ring substituents is 1. The molecular formula is C16H15N3O2. The molecule has 2 aromatic rings. The minimum absolute atomic E-state index is 0.000797. The van der Waals surface area contributed by atoms with Crippen molar-refractivity contribution in [2.75, 3.05) is 7.05 Å². The van der Waals surface area contributed by atoms with E-state index in [1.54, 1.807) is 12.1 Å². The summed E-state index contributed by atoms with van der Waals surface area (Å²) in [6, 6.07) is 17.7. The van der Waals surface area contributed by atoms with E-state index in [0.717, 1.165) is 5.56 Å². The highest BCUT2D eigenvalue weighted by Crippen LogP contribution is 2.24. The average Bonchev–Trinajstić information content (AvgIpc) is 2.49. The number of hydrogen-bond donors (Lipinski definition) is 0. The summed E-state index contributed by atoms with van der Waals surface area (Å²) >= 11 is 0. The normalized spacial score (nSPS) is 11.9. The van der Waals surface area contributed by atoms with Gasteiger partial charge >= 0.3 is 0 Å². The van der Waals surface area contributed by atoms with Gasteiger partial charge in [0.2, 0.25) is 0 Å². The molecule has 0 aliphatic rings. The van der Waals surface area contributed by atoms with Crippen molar-refractivity contribution >= 4 is 5.69 Å². The molecule has 0 aliphatic heterocycles. The van der Waals surface area contributed by atoms with Crippen LogP contribution in [-0.4, -0.2) is 16.9 Å². The fourth-order valence-electron chi connectivity index (χ4n) is 2.20. The van der Waals surface area contributed by atoms with Gasteiger partial charge in [-0.05, 0) is 18.2 Å². The first-order valence-corrected chi connectivity index (χ1v) is 6.50. The minimum atomic E-state index is -0.523. The van der Waals surface area contributed by atoms with Gasteiger partial charge in [-0.1, -0.05) is 42.5 Å². The van der Waals surface area contributed by atoms with Crippen molar-refractivity contribution in [2.45, 2.75) is 12.6 Å². The second-order valence-electron chi connectivity index (χ2n) is 4.78. The molecule has 21 heavy (non-hydrogen) atoms. The van der Waals surface area contributed by atoms with Crippen molar-refractivity contribution in [3.63, 3.8) is 0 Å². The van der Waals surface area contributed by atoms with Crippen LogP contribution in [0.25, 0.3) is 0 Å². The third kappa shape index (κ3) is 3.65. The summed E-state index contributed by atoms with van der Waals surface area (Å²) in [5.74, 6) is 0. The van der Waals surface area contributed by atoms with E-state index in [1.165, 1.54) is 12.1 Å². The van der Waals surface area contributed by atoms with Crippen LogP contribution in [0.3, 0.4) is 0 Å². The molecule has 0 bridgehead atoms. The second-order valence-corrected chi connectivity index (χ2v) is 4.78. The molecule has 0 saturated carbocycles. The average molecular weight is 281 g/mol. The number of nitrogens with zero attached hydrogens (tertiary/aromatic N) is 3. The zero-order valence-corrected chi connectivity index (χ0v) is 11.6. The highest BCUT2D eigenvalue weighted by molar-refractivity contribution is 5.37. The third-order valence-electron chi connectivity index (χ3n) is 3.23. The second kappa shape index (κ2) is 6.64. The van der Waals surface area contributed by atoms with Crippen LogP contribution in [0.2, 0.25) is 0 Å². The van der Waals surface area contributed by atoms with Crippen LogP contribution >= 0.6 is 0 Å². The van der Waals surface area contributed by atoms with E-state index in [4.69, 9.17) is 0 Å². The molecule has 0 spiro atoms. The molecule has 0 radical (unpaired) electrons. The molecule has 0 amide bonds. The maximum atomic E-state index is 10.8. The van der Waals surface area contributed by atoms with Gasteiger partial charge in [0, 0.05) is 18.7 Å². The summed E-state index contributed by atoms with van der Waals surface area (Å²) in [5.41, 5.74) is 1.72. The molecule has 5 nitrogen and oxygen atoms in total. The molecule has 0 saturated heterocycles. The lowest BCUT2D eigenvalue weighted by Crippen LogP contribution is -2.23. The van der Waals surface area contributed by atoms with Gasteiger partial charge in [-0.25, -0.2) is 0 Å². The molecule has 0 heterocycles. The number of nitro groups is 1. The lowest BCUT2D eigenvalue weighted by Gasteiger charge is -2.22. The molecule has 5 heteroatoms. The first-order chi connectivity index (χ1) is 10.1. The van der Waals surface area contributed by atoms with Crippen LogP contribution in [0.5, 0.6) is 0 Å². The van der Waals surface area contributed by atoms with Gasteiger partial charge in [0.25, 0.3) is 5.69 Å². The lowest BCUT2D eigenvalue weighted by atomic mass is 10.1. The number of nitriles is 1. The summed E-state index contributed by atoms with van der Waals surface area (Å²) in [7, 11) is 1.83. The van der Waals surface area contributed by atoms with Gasteiger partial charge in [-0.2, -0.15) is 5.26 Å². The number of non-ortho nitro benzene ring substituents is 1. The molecule has 106 valence electrons. The van der Waals surface area contributed by atoms with E-state index < -0.39 is 11.0 Å². The zero-order chi connectivity index (χ0) is 15.2. The summed E-state index contributed by atoms with van der Waals surface area (Å²) in [6.07, 6.45) is 0. The Morgan fingerprint density at radius 2 is 1.95 bits per heavy atom. The van der Waals surface area contributed by atoms with Gasteiger partial charge in [0.1, 0.15) is 6.04 Å². The molecule has 0 N–H and O–H groups in total. The van der Waals surface area contributed by atoms with Crippen LogP contribution < -0.4 is 0 Å². The largest absolute Gasteiger partial charge is 0.283 e. The fourth-order valence-corrected chi connectivity index (χ4v) is 2.20. The molecule has 0 fully saturated rings. The smallest absolute Gasteiger partial charge is 0.269 e. The van der Waals surface area contributed by atoms with Crippen LogP contribution in [0.4, 0.5) is 5.69 Å². The minimum Gasteiger partial charge on any atom is -0.283 e. The van der Waals surface area contributed by atoms with Gasteiger partial charge in [-0.15, -0.1) is 0 Å². The SMILES string of the molecule is CN(Cc1ccccc1)C(C#N)c1cccc([N+](=O)[O-])c1. The fraction of sp³-hybridized carbons (Fsp3) is 0.188. The Labute approximate surface area is 123 Å². The van der Waals surface area contributed by atoms with Crippen molar-refractivity contribution in [1.82, 2.24) is 4.90 Å². The van der Waals surface area contributed by atoms with Crippen molar-refractivity contribution < 1.29 is 4.92 Å². The molecular weight excluding hydrogens is 266 g/mol. The van der Waals surface area contributed by atoms with Crippen LogP contribution in [-0.2, 0) is 6.54 Å². The Kier molecular flexibility index (Phi) is 4.64. The van der Waals surface area contributed by atoms with Gasteiger partial charge in [-0.3, -0.25) is 15.0 Å². The highest BCUT2D eigenvalue weighted by Gasteiger charge is 2.19. The van der Waals surface area contributed by atoms with Gasteiger partial charge in [0.15, 0.2) is 0 Å². The maximum Gasteiger partial charge on any atom is 0.269 e. The first-order valence-electron chi connectivity index (χ1n) is 6.50. The summed E-state index contributed by atoms with van der Waals surface area (Å²) in [5, 5.41) is 20.2. The molecule has 0 aromatic heterocycles. The van der Waals surface area contributed by atoms with Crippen LogP contribution in [0.15, 0.2) is 54.6 Å². The Morgan fingerprint density at radius 3 is 2.57 bits per heavy atom. The summed E-state index contributed by atoms with van der Waals surface area (Å²) in [6.45, 7) is 0.599. The Bertz CT molecular complexity index is 665. The van der Waals surface area contributed by atoms with Crippen molar-refractivity contribution in [3.8, 4) is 6.07 Å². The van der Waals surface area contributed by atoms with Gasteiger partial charge in [0.05, 0.1) is 11.0 Å². The maximum absolute atomic E-state index is 10.8. The standard InChI is InChI=1S/C16H15N3O2/c1-18(12-13-6-3-2-4-7-13)16(11-17)14-8-5-9-15(10-14)19(20)21/h2-10,16H,12H2,1H3. The number of hydrogen-bond acceptors (Lipinski definition) is 4. The molecule has 0 aliphatic carbocycles. The highest BCUT2D eigenvalue weighted by atomic mass is 16.6. The van der Waals surface area contributed by atoms with E-state index in [2.05, 4.69) is 6.07 Å². The Morgan fingerprint density at radius 1 is 1.24 bits per heavy atom. The lowest BCUT2D eigenvalue weighted by molar-refractivity contribution is -0.384. The Balaban J connectivity index is 2.21. The van der Waals surface area contributed by atoms with Crippen LogP contribution in [0.1, 0.15) is 17.2 Å². The predicted molar refractivity (Wildman–Crippen MR) is 79.4 cm³/mol. The van der Waals surface area contributed by atoms with Gasteiger partial charge < -0.3 is 0 Å².